The van der Waals surface area contributed by atoms with Crippen LogP contribution in [0.4, 0.5) is 0 Å². The zero-order valence-electron chi connectivity index (χ0n) is 44.1. The molecule has 3 aliphatic rings. The van der Waals surface area contributed by atoms with Crippen molar-refractivity contribution in [1.29, 1.82) is 0 Å². The van der Waals surface area contributed by atoms with Gasteiger partial charge in [-0.3, -0.25) is 4.57 Å². The van der Waals surface area contributed by atoms with Crippen LogP contribution in [0.5, 0.6) is 0 Å². The molecule has 5 nitrogen and oxygen atoms in total. The highest BCUT2D eigenvalue weighted by Gasteiger charge is 2.27. The van der Waals surface area contributed by atoms with E-state index < -0.39 is 0 Å². The SMILES string of the molecule is C=CC/C=C(\C=C1/CSc2ccc(C)cc21)c1nc(-c2ccc3c(c2)C2=C(C=C(C)C=CC2)SC3)nc(-n2c3ccccc3c3c4c5ccccc5n(-c5cc(/C=C\C)c(-c6ccccc6)c6cc(C)ccc56)c4ccc32)n1. The van der Waals surface area contributed by atoms with Gasteiger partial charge >= 0.3 is 0 Å². The van der Waals surface area contributed by atoms with Crippen LogP contribution in [0.3, 0.4) is 0 Å². The Hall–Kier alpha value is -8.49. The standard InChI is InChI=1S/C71H55N5S2/c1-6-8-19-48(38-51-42-77-64-34-28-45(5)35-57(51)64)69-72-70(49-29-30-50-41-78-65-37-43(3)18-16-24-53(65)56(50)39-49)74-71(73-69)76-60-26-15-13-23-55(60)68-62(76)33-32-61-67(68)54-22-12-14-25-59(54)75(61)63-40-47(17-7-2)66(46-20-10-9-11-21-46)58-36-44(4)27-31-52(58)63/h6-7,9-23,25-40H,1,8,24,41-42H2,2-5H3/b17-7-,48-19+,51-38+. The summed E-state index contributed by atoms with van der Waals surface area (Å²) in [5.41, 5.74) is 21.3. The van der Waals surface area contributed by atoms with Crippen LogP contribution in [0.15, 0.2) is 216 Å². The summed E-state index contributed by atoms with van der Waals surface area (Å²) in [5.74, 6) is 3.63. The lowest BCUT2D eigenvalue weighted by Crippen LogP contribution is -2.08. The Morgan fingerprint density at radius 2 is 1.38 bits per heavy atom. The average Bonchev–Trinajstić information content (AvgIpc) is 3.65. The fourth-order valence-corrected chi connectivity index (χ4v) is 14.4. The van der Waals surface area contributed by atoms with Crippen LogP contribution in [0.2, 0.25) is 0 Å². The molecule has 0 saturated carbocycles. The molecular weight excluding hydrogens is 987 g/mol. The highest BCUT2D eigenvalue weighted by atomic mass is 32.2. The van der Waals surface area contributed by atoms with Crippen LogP contribution in [-0.2, 0) is 5.75 Å². The number of benzene rings is 8. The summed E-state index contributed by atoms with van der Waals surface area (Å²) in [6.07, 6.45) is 19.3. The normalized spacial score (nSPS) is 15.1. The van der Waals surface area contributed by atoms with Crippen molar-refractivity contribution in [1.82, 2.24) is 24.1 Å². The maximum atomic E-state index is 5.59. The molecule has 8 aromatic carbocycles. The van der Waals surface area contributed by atoms with Gasteiger partial charge in [0.2, 0.25) is 5.95 Å². The Bertz CT molecular complexity index is 4550. The largest absolute Gasteiger partial charge is 0.309 e. The molecule has 0 saturated heterocycles. The van der Waals surface area contributed by atoms with E-state index in [0.717, 1.165) is 67.6 Å². The number of para-hydroxylation sites is 2. The van der Waals surface area contributed by atoms with Crippen LogP contribution in [0, 0.1) is 13.8 Å². The lowest BCUT2D eigenvalue weighted by atomic mass is 9.91. The minimum Gasteiger partial charge on any atom is -0.309 e. The molecule has 0 spiro atoms. The zero-order chi connectivity index (χ0) is 52.6. The predicted octanol–water partition coefficient (Wildman–Crippen LogP) is 19.2. The molecule has 3 aromatic heterocycles. The number of rotatable bonds is 9. The number of aryl methyl sites for hydroxylation is 2. The molecule has 0 amide bonds. The number of nitrogens with zero attached hydrogens (tertiary/aromatic N) is 5. The second kappa shape index (κ2) is 19.5. The zero-order valence-corrected chi connectivity index (χ0v) is 45.8. The van der Waals surface area contributed by atoms with E-state index in [1.807, 2.05) is 29.6 Å². The van der Waals surface area contributed by atoms with Gasteiger partial charge in [0.25, 0.3) is 0 Å². The first-order chi connectivity index (χ1) is 38.3. The molecule has 0 atom stereocenters. The molecule has 78 heavy (non-hydrogen) atoms. The van der Waals surface area contributed by atoms with Crippen molar-refractivity contribution in [3.05, 3.63) is 250 Å². The topological polar surface area (TPSA) is 48.5 Å². The van der Waals surface area contributed by atoms with E-state index in [0.29, 0.717) is 24.0 Å². The first-order valence-electron chi connectivity index (χ1n) is 26.9. The van der Waals surface area contributed by atoms with Crippen molar-refractivity contribution in [3.8, 4) is 34.2 Å². The second-order valence-corrected chi connectivity index (χ2v) is 22.8. The molecule has 0 fully saturated rings. The number of hydrogen-bond donors (Lipinski definition) is 0. The van der Waals surface area contributed by atoms with E-state index in [1.165, 1.54) is 92.6 Å². The summed E-state index contributed by atoms with van der Waals surface area (Å²) >= 11 is 3.82. The number of thioether (sulfide) groups is 2. The highest BCUT2D eigenvalue weighted by Crippen LogP contribution is 2.47. The molecule has 5 heterocycles. The van der Waals surface area contributed by atoms with E-state index in [9.17, 15) is 0 Å². The van der Waals surface area contributed by atoms with E-state index in [1.54, 1.807) is 0 Å². The molecular formula is C71H55N5S2. The highest BCUT2D eigenvalue weighted by molar-refractivity contribution is 8.02. The number of allylic oxidation sites excluding steroid dienone is 10. The smallest absolute Gasteiger partial charge is 0.238 e. The lowest BCUT2D eigenvalue weighted by molar-refractivity contribution is 0.932. The third kappa shape index (κ3) is 8.06. The van der Waals surface area contributed by atoms with Crippen LogP contribution >= 0.6 is 23.5 Å². The summed E-state index contributed by atoms with van der Waals surface area (Å²) < 4.78 is 4.78. The van der Waals surface area contributed by atoms with Crippen molar-refractivity contribution in [2.75, 3.05) is 5.75 Å². The molecule has 0 N–H and O–H groups in total. The first kappa shape index (κ1) is 47.9. The van der Waals surface area contributed by atoms with Crippen molar-refractivity contribution < 1.29 is 0 Å². The van der Waals surface area contributed by atoms with Gasteiger partial charge in [0.15, 0.2) is 11.6 Å². The monoisotopic (exact) mass is 1040 g/mol. The van der Waals surface area contributed by atoms with Gasteiger partial charge in [-0.2, -0.15) is 9.97 Å². The minimum absolute atomic E-state index is 0.572. The Morgan fingerprint density at radius 3 is 2.18 bits per heavy atom. The molecule has 1 aliphatic carbocycles. The molecule has 0 bridgehead atoms. The number of hydrogen-bond acceptors (Lipinski definition) is 5. The third-order valence-electron chi connectivity index (χ3n) is 15.6. The van der Waals surface area contributed by atoms with Crippen molar-refractivity contribution >= 4 is 101 Å². The second-order valence-electron chi connectivity index (χ2n) is 20.8. The maximum Gasteiger partial charge on any atom is 0.238 e. The summed E-state index contributed by atoms with van der Waals surface area (Å²) in [6.45, 7) is 12.8. The predicted molar refractivity (Wildman–Crippen MR) is 335 cm³/mol. The Balaban J connectivity index is 1.03. The summed E-state index contributed by atoms with van der Waals surface area (Å²) in [7, 11) is 0. The summed E-state index contributed by atoms with van der Waals surface area (Å²) in [6, 6.07) is 56.0. The fraction of sp³-hybridized carbons (Fsp3) is 0.113. The number of aromatic nitrogens is 5. The van der Waals surface area contributed by atoms with Gasteiger partial charge in [0, 0.05) is 59.4 Å². The van der Waals surface area contributed by atoms with Gasteiger partial charge < -0.3 is 4.57 Å². The Labute approximate surface area is 463 Å². The molecule has 0 radical (unpaired) electrons. The quantitative estimate of drug-likeness (QED) is 0.135. The van der Waals surface area contributed by atoms with Crippen LogP contribution in [0.1, 0.15) is 65.9 Å². The van der Waals surface area contributed by atoms with Gasteiger partial charge in [-0.15, -0.1) is 30.1 Å². The van der Waals surface area contributed by atoms with Gasteiger partial charge in [0.1, 0.15) is 0 Å². The van der Waals surface area contributed by atoms with Crippen LogP contribution in [0.25, 0.3) is 111 Å². The Kier molecular flexibility index (Phi) is 12.0. The first-order valence-corrected chi connectivity index (χ1v) is 28.9. The lowest BCUT2D eigenvalue weighted by Gasteiger charge is -2.21. The molecule has 0 unspecified atom stereocenters. The van der Waals surface area contributed by atoms with E-state index in [2.05, 4.69) is 238 Å². The maximum absolute atomic E-state index is 5.59. The van der Waals surface area contributed by atoms with Crippen LogP contribution in [-0.4, -0.2) is 29.8 Å². The number of fused-ring (bicyclic) bond motifs is 11. The van der Waals surface area contributed by atoms with Crippen molar-refractivity contribution in [2.24, 2.45) is 0 Å². The third-order valence-corrected chi connectivity index (χ3v) is 17.9. The van der Waals surface area contributed by atoms with Gasteiger partial charge in [0.05, 0.1) is 27.8 Å². The van der Waals surface area contributed by atoms with Crippen LogP contribution < -0.4 is 0 Å². The van der Waals surface area contributed by atoms with Crippen molar-refractivity contribution in [3.63, 3.8) is 0 Å². The van der Waals surface area contributed by atoms with E-state index >= 15 is 0 Å². The van der Waals surface area contributed by atoms with E-state index in [4.69, 9.17) is 15.0 Å². The van der Waals surface area contributed by atoms with Gasteiger partial charge in [-0.25, -0.2) is 4.98 Å². The molecule has 2 aliphatic heterocycles. The van der Waals surface area contributed by atoms with Gasteiger partial charge in [-0.05, 0) is 145 Å². The molecule has 11 aromatic rings. The minimum atomic E-state index is 0.572. The summed E-state index contributed by atoms with van der Waals surface area (Å²) in [5, 5.41) is 7.09. The molecule has 7 heteroatoms. The Morgan fingerprint density at radius 1 is 0.641 bits per heavy atom. The molecule has 14 rings (SSSR count). The average molecular weight is 1040 g/mol. The summed E-state index contributed by atoms with van der Waals surface area (Å²) in [4.78, 5) is 19.3. The van der Waals surface area contributed by atoms with Gasteiger partial charge in [-0.1, -0.05) is 162 Å². The fourth-order valence-electron chi connectivity index (χ4n) is 12.1. The van der Waals surface area contributed by atoms with E-state index in [-0.39, 0.29) is 0 Å². The van der Waals surface area contributed by atoms with Crippen molar-refractivity contribution in [2.45, 2.75) is 51.2 Å². The molecule has 376 valence electrons.